The van der Waals surface area contributed by atoms with Gasteiger partial charge in [-0.25, -0.2) is 13.2 Å². The fraction of sp³-hybridized carbons (Fsp3) is 0.353. The van der Waals surface area contributed by atoms with Gasteiger partial charge in [-0.2, -0.15) is 22.0 Å². The summed E-state index contributed by atoms with van der Waals surface area (Å²) in [5, 5.41) is -5.66. The van der Waals surface area contributed by atoms with E-state index in [4.69, 9.17) is 9.47 Å². The Morgan fingerprint density at radius 1 is 1.13 bits per heavy atom. The molecule has 1 saturated heterocycles. The zero-order valence-electron chi connectivity index (χ0n) is 14.7. The number of alkyl halides is 5. The monoisotopic (exact) mass is 455 g/mol. The highest BCUT2D eigenvalue weighted by atomic mass is 32.2. The van der Waals surface area contributed by atoms with Crippen LogP contribution in [0.3, 0.4) is 0 Å². The molecule has 2 unspecified atom stereocenters. The molecule has 7 nitrogen and oxygen atoms in total. The van der Waals surface area contributed by atoms with Crippen LogP contribution in [0.2, 0.25) is 0 Å². The maximum absolute atomic E-state index is 13.6. The van der Waals surface area contributed by atoms with Crippen LogP contribution in [0.15, 0.2) is 36.4 Å². The molecule has 0 bridgehead atoms. The summed E-state index contributed by atoms with van der Waals surface area (Å²) in [5.74, 6) is -1.65. The number of esters is 1. The largest absolute Gasteiger partial charge is 0.743 e. The van der Waals surface area contributed by atoms with E-state index in [-0.39, 0.29) is 29.2 Å². The summed E-state index contributed by atoms with van der Waals surface area (Å²) in [4.78, 5) is 12.3. The van der Waals surface area contributed by atoms with Crippen LogP contribution in [0.25, 0.3) is 10.8 Å². The first-order valence-electron chi connectivity index (χ1n) is 8.19. The summed E-state index contributed by atoms with van der Waals surface area (Å²) in [6.07, 6.45) is -10.6. The second-order valence-corrected chi connectivity index (χ2v) is 7.72. The number of epoxide rings is 1. The van der Waals surface area contributed by atoms with E-state index >= 15 is 0 Å². The maximum atomic E-state index is 13.6. The molecule has 1 aliphatic heterocycles. The third-order valence-electron chi connectivity index (χ3n) is 4.09. The third kappa shape index (κ3) is 4.47. The molecule has 0 saturated carbocycles. The summed E-state index contributed by atoms with van der Waals surface area (Å²) in [5.41, 5.74) is -0.561. The molecule has 0 spiro atoms. The van der Waals surface area contributed by atoms with Crippen LogP contribution in [-0.4, -0.2) is 55.8 Å². The Balaban J connectivity index is 1.96. The molecule has 30 heavy (non-hydrogen) atoms. The Kier molecular flexibility index (Phi) is 5.64. The molecule has 1 aliphatic rings. The number of rotatable bonds is 7. The first-order chi connectivity index (χ1) is 13.8. The summed E-state index contributed by atoms with van der Waals surface area (Å²) >= 11 is 0. The number of hydrogen-bond acceptors (Lipinski definition) is 7. The summed E-state index contributed by atoms with van der Waals surface area (Å²) in [6, 6.07) is 7.92. The Morgan fingerprint density at radius 3 is 2.27 bits per heavy atom. The predicted octanol–water partition coefficient (Wildman–Crippen LogP) is 2.84. The molecule has 0 amide bonds. The number of carbonyl (C=O) groups excluding carboxylic acids is 1. The fourth-order valence-electron chi connectivity index (χ4n) is 2.55. The van der Waals surface area contributed by atoms with Crippen LogP contribution in [0.1, 0.15) is 10.4 Å². The van der Waals surface area contributed by atoms with Gasteiger partial charge in [0.1, 0.15) is 18.5 Å². The Hall–Kier alpha value is -2.51. The van der Waals surface area contributed by atoms with E-state index in [0.29, 0.717) is 6.61 Å². The molecule has 13 heteroatoms. The van der Waals surface area contributed by atoms with Gasteiger partial charge < -0.3 is 18.8 Å². The highest BCUT2D eigenvalue weighted by molar-refractivity contribution is 7.86. The average Bonchev–Trinajstić information content (AvgIpc) is 3.46. The standard InChI is InChI=1S/C17H13F5O7S/c18-16(19,20)15(17(21,22)30(24,25)26)29-14(23)12-5-6-13(28-8-9-7-27-9)11-4-2-1-3-10(11)12/h1-6,9,15H,7-8H2,(H,24,25,26)/p-1. The number of hydrogen-bond donors (Lipinski definition) is 0. The molecule has 2 atom stereocenters. The van der Waals surface area contributed by atoms with Crippen LogP contribution in [0.5, 0.6) is 5.75 Å². The molecule has 1 fully saturated rings. The van der Waals surface area contributed by atoms with Gasteiger partial charge >= 0.3 is 17.4 Å². The minimum absolute atomic E-state index is 0.00550. The van der Waals surface area contributed by atoms with Crippen molar-refractivity contribution < 1.29 is 53.9 Å². The van der Waals surface area contributed by atoms with Crippen LogP contribution >= 0.6 is 0 Å². The molecule has 3 rings (SSSR count). The number of ether oxygens (including phenoxy) is 3. The van der Waals surface area contributed by atoms with E-state index in [1.54, 1.807) is 0 Å². The van der Waals surface area contributed by atoms with Gasteiger partial charge in [-0.3, -0.25) is 0 Å². The molecule has 2 aromatic rings. The zero-order valence-corrected chi connectivity index (χ0v) is 15.5. The van der Waals surface area contributed by atoms with Gasteiger partial charge in [0.05, 0.1) is 12.2 Å². The minimum Gasteiger partial charge on any atom is -0.743 e. The quantitative estimate of drug-likeness (QED) is 0.274. The molecule has 2 aromatic carbocycles. The zero-order chi connectivity index (χ0) is 22.3. The van der Waals surface area contributed by atoms with Gasteiger partial charge in [-0.05, 0) is 17.5 Å². The molecule has 164 valence electrons. The van der Waals surface area contributed by atoms with Crippen molar-refractivity contribution in [2.24, 2.45) is 0 Å². The second-order valence-electron chi connectivity index (χ2n) is 6.27. The van der Waals surface area contributed by atoms with E-state index in [0.717, 1.165) is 6.07 Å². The number of carbonyl (C=O) groups is 1. The van der Waals surface area contributed by atoms with Gasteiger partial charge in [-0.1, -0.05) is 24.3 Å². The van der Waals surface area contributed by atoms with Gasteiger partial charge in [0.15, 0.2) is 10.1 Å². The molecule has 0 aromatic heterocycles. The Morgan fingerprint density at radius 2 is 1.73 bits per heavy atom. The second kappa shape index (κ2) is 7.63. The molecule has 0 aliphatic carbocycles. The third-order valence-corrected chi connectivity index (χ3v) is 4.97. The van der Waals surface area contributed by atoms with Crippen LogP contribution in [0, 0.1) is 0 Å². The lowest BCUT2D eigenvalue weighted by Crippen LogP contribution is -2.52. The summed E-state index contributed by atoms with van der Waals surface area (Å²) < 4.78 is 112. The van der Waals surface area contributed by atoms with Crippen molar-refractivity contribution in [1.29, 1.82) is 0 Å². The van der Waals surface area contributed by atoms with E-state index in [9.17, 15) is 39.7 Å². The summed E-state index contributed by atoms with van der Waals surface area (Å²) in [7, 11) is -6.78. The van der Waals surface area contributed by atoms with Crippen molar-refractivity contribution in [1.82, 2.24) is 0 Å². The predicted molar refractivity (Wildman–Crippen MR) is 89.1 cm³/mol. The molecular weight excluding hydrogens is 443 g/mol. The van der Waals surface area contributed by atoms with E-state index in [1.165, 1.54) is 30.3 Å². The van der Waals surface area contributed by atoms with Crippen LogP contribution in [-0.2, 0) is 19.6 Å². The Labute approximate surface area is 166 Å². The normalized spacial score (nSPS) is 18.1. The molecular formula is C17H12F5O7S-. The lowest BCUT2D eigenvalue weighted by Gasteiger charge is -2.29. The van der Waals surface area contributed by atoms with Crippen molar-refractivity contribution in [3.63, 3.8) is 0 Å². The average molecular weight is 455 g/mol. The van der Waals surface area contributed by atoms with Crippen molar-refractivity contribution >= 4 is 26.9 Å². The van der Waals surface area contributed by atoms with Crippen LogP contribution in [0.4, 0.5) is 22.0 Å². The van der Waals surface area contributed by atoms with E-state index in [2.05, 4.69) is 4.74 Å². The highest BCUT2D eigenvalue weighted by Gasteiger charge is 2.63. The van der Waals surface area contributed by atoms with E-state index in [1.807, 2.05) is 0 Å². The van der Waals surface area contributed by atoms with Gasteiger partial charge in [-0.15, -0.1) is 0 Å². The molecule has 0 radical (unpaired) electrons. The Bertz CT molecular complexity index is 1060. The van der Waals surface area contributed by atoms with Crippen molar-refractivity contribution in [2.45, 2.75) is 23.6 Å². The van der Waals surface area contributed by atoms with Crippen molar-refractivity contribution in [3.8, 4) is 5.75 Å². The number of fused-ring (bicyclic) bond motifs is 1. The fourth-order valence-corrected chi connectivity index (χ4v) is 2.99. The summed E-state index contributed by atoms with van der Waals surface area (Å²) in [6.45, 7) is 0.676. The number of benzene rings is 2. The SMILES string of the molecule is O=C(OC(C(F)(F)F)C(F)(F)S(=O)(=O)[O-])c1ccc(OCC2CO2)c2ccccc12. The van der Waals surface area contributed by atoms with Crippen molar-refractivity contribution in [2.75, 3.05) is 13.2 Å². The minimum atomic E-state index is -6.78. The van der Waals surface area contributed by atoms with E-state index < -0.39 is 39.2 Å². The van der Waals surface area contributed by atoms with Gasteiger partial charge in [0.25, 0.3) is 6.10 Å². The van der Waals surface area contributed by atoms with Crippen molar-refractivity contribution in [3.05, 3.63) is 42.0 Å². The molecule has 1 heterocycles. The number of halogens is 5. The smallest absolute Gasteiger partial charge is 0.432 e. The lowest BCUT2D eigenvalue weighted by molar-refractivity contribution is -0.248. The van der Waals surface area contributed by atoms with Crippen LogP contribution < -0.4 is 4.74 Å². The van der Waals surface area contributed by atoms with Gasteiger partial charge in [0.2, 0.25) is 0 Å². The first kappa shape index (κ1) is 22.2. The maximum Gasteiger partial charge on any atom is 0.432 e. The van der Waals surface area contributed by atoms with Gasteiger partial charge in [0, 0.05) is 5.39 Å². The lowest BCUT2D eigenvalue weighted by atomic mass is 10.0. The highest BCUT2D eigenvalue weighted by Crippen LogP contribution is 2.39. The molecule has 0 N–H and O–H groups in total. The first-order valence-corrected chi connectivity index (χ1v) is 9.60. The topological polar surface area (TPSA) is 105 Å².